The van der Waals surface area contributed by atoms with Crippen molar-refractivity contribution in [1.82, 2.24) is 0 Å². The van der Waals surface area contributed by atoms with Gasteiger partial charge < -0.3 is 5.32 Å². The molecule has 5 rings (SSSR count). The summed E-state index contributed by atoms with van der Waals surface area (Å²) in [5, 5.41) is 12.0. The monoisotopic (exact) mass is 405 g/mol. The lowest BCUT2D eigenvalue weighted by atomic mass is 9.98. The molecular formula is C22H19N3O3S. The number of nitriles is 1. The molecule has 6 nitrogen and oxygen atoms in total. The molecule has 0 saturated heterocycles. The Morgan fingerprint density at radius 2 is 1.79 bits per heavy atom. The quantitative estimate of drug-likeness (QED) is 0.848. The van der Waals surface area contributed by atoms with Crippen molar-refractivity contribution < 1.29 is 13.8 Å². The Balaban J connectivity index is 1.47. The van der Waals surface area contributed by atoms with Gasteiger partial charge in [0.05, 0.1) is 31.8 Å². The van der Waals surface area contributed by atoms with Gasteiger partial charge in [-0.05, 0) is 79.0 Å². The number of benzene rings is 2. The Morgan fingerprint density at radius 3 is 2.45 bits per heavy atom. The van der Waals surface area contributed by atoms with Gasteiger partial charge in [0.25, 0.3) is 5.91 Å². The van der Waals surface area contributed by atoms with Crippen LogP contribution in [0.4, 0.5) is 5.69 Å². The minimum Gasteiger partial charge on any atom is -0.325 e. The Hall–Kier alpha value is -2.98. The summed E-state index contributed by atoms with van der Waals surface area (Å²) in [6.07, 6.45) is 6.10. The van der Waals surface area contributed by atoms with E-state index in [4.69, 9.17) is 5.26 Å². The Morgan fingerprint density at radius 1 is 1.10 bits per heavy atom. The first-order valence-electron chi connectivity index (χ1n) is 9.78. The molecule has 2 aliphatic carbocycles. The molecule has 1 N–H and O–H groups in total. The van der Waals surface area contributed by atoms with E-state index >= 15 is 0 Å². The van der Waals surface area contributed by atoms with Gasteiger partial charge in [0.15, 0.2) is 0 Å². The number of carbonyl (C=O) groups is 2. The van der Waals surface area contributed by atoms with Crippen LogP contribution >= 0.6 is 0 Å². The SMILES string of the molecule is N#Cc1ccc2c(c1)C(=O)N=S2(=O)CC(=O)Nc1c2c(cc3c1CCC3)CCC2. The van der Waals surface area contributed by atoms with Crippen LogP contribution in [0.5, 0.6) is 0 Å². The van der Waals surface area contributed by atoms with Gasteiger partial charge in [0.2, 0.25) is 5.91 Å². The second-order valence-electron chi connectivity index (χ2n) is 7.79. The van der Waals surface area contributed by atoms with Gasteiger partial charge in [-0.1, -0.05) is 6.07 Å². The second kappa shape index (κ2) is 6.53. The number of rotatable bonds is 3. The van der Waals surface area contributed by atoms with Crippen LogP contribution in [0.1, 0.15) is 51.0 Å². The van der Waals surface area contributed by atoms with E-state index in [-0.39, 0.29) is 16.2 Å². The number of nitrogens with zero attached hydrogens (tertiary/aromatic N) is 2. The number of anilines is 1. The van der Waals surface area contributed by atoms with E-state index in [9.17, 15) is 13.8 Å². The largest absolute Gasteiger partial charge is 0.325 e. The molecule has 2 aromatic carbocycles. The summed E-state index contributed by atoms with van der Waals surface area (Å²) in [4.78, 5) is 25.4. The molecule has 1 heterocycles. The standard InChI is InChI=1S/C22H19N3O3S/c23-11-13-7-8-19-18(9-13)22(27)25-29(19,28)12-20(26)24-21-16-5-1-3-14(16)10-15-4-2-6-17(15)21/h7-10H,1-6,12H2,(H,24,26). The molecule has 0 fully saturated rings. The summed E-state index contributed by atoms with van der Waals surface area (Å²) >= 11 is 0. The molecule has 2 amide bonds. The Bertz CT molecular complexity index is 1230. The average Bonchev–Trinajstić information content (AvgIpc) is 3.40. The van der Waals surface area contributed by atoms with E-state index < -0.39 is 21.5 Å². The lowest BCUT2D eigenvalue weighted by molar-refractivity contribution is -0.113. The fourth-order valence-corrected chi connectivity index (χ4v) is 6.59. The third kappa shape index (κ3) is 2.87. The van der Waals surface area contributed by atoms with E-state index in [1.807, 2.05) is 6.07 Å². The predicted octanol–water partition coefficient (Wildman–Crippen LogP) is 3.16. The number of hydrogen-bond donors (Lipinski definition) is 1. The maximum Gasteiger partial charge on any atom is 0.286 e. The maximum atomic E-state index is 13.4. The van der Waals surface area contributed by atoms with E-state index in [1.54, 1.807) is 0 Å². The highest BCUT2D eigenvalue weighted by molar-refractivity contribution is 7.95. The molecular weight excluding hydrogens is 386 g/mol. The van der Waals surface area contributed by atoms with Crippen molar-refractivity contribution in [3.63, 3.8) is 0 Å². The average molecular weight is 405 g/mol. The molecule has 146 valence electrons. The predicted molar refractivity (Wildman–Crippen MR) is 108 cm³/mol. The van der Waals surface area contributed by atoms with Crippen LogP contribution in [0, 0.1) is 11.3 Å². The number of hydrogen-bond acceptors (Lipinski definition) is 4. The molecule has 0 radical (unpaired) electrons. The number of aryl methyl sites for hydroxylation is 2. The Kier molecular flexibility index (Phi) is 4.07. The van der Waals surface area contributed by atoms with Crippen LogP contribution in [-0.2, 0) is 40.2 Å². The highest BCUT2D eigenvalue weighted by Gasteiger charge is 2.32. The van der Waals surface area contributed by atoms with Crippen LogP contribution in [0.2, 0.25) is 0 Å². The zero-order valence-electron chi connectivity index (χ0n) is 15.8. The second-order valence-corrected chi connectivity index (χ2v) is 9.98. The maximum absolute atomic E-state index is 13.4. The Labute approximate surface area is 169 Å². The summed E-state index contributed by atoms with van der Waals surface area (Å²) < 4.78 is 17.2. The fraction of sp³-hybridized carbons (Fsp3) is 0.318. The summed E-state index contributed by atoms with van der Waals surface area (Å²) in [6.45, 7) is 0. The normalized spacial score (nSPS) is 21.1. The van der Waals surface area contributed by atoms with Gasteiger partial charge in [-0.2, -0.15) is 9.62 Å². The van der Waals surface area contributed by atoms with Crippen molar-refractivity contribution in [3.05, 3.63) is 57.6 Å². The van der Waals surface area contributed by atoms with Crippen LogP contribution < -0.4 is 5.32 Å². The number of fused-ring (bicyclic) bond motifs is 3. The first-order chi connectivity index (χ1) is 14.0. The van der Waals surface area contributed by atoms with Crippen molar-refractivity contribution in [2.75, 3.05) is 11.1 Å². The van der Waals surface area contributed by atoms with Crippen molar-refractivity contribution in [2.45, 2.75) is 43.4 Å². The van der Waals surface area contributed by atoms with Gasteiger partial charge >= 0.3 is 0 Å². The molecule has 2 aromatic rings. The minimum absolute atomic E-state index is 0.156. The lowest BCUT2D eigenvalue weighted by Gasteiger charge is -2.16. The summed E-state index contributed by atoms with van der Waals surface area (Å²) in [7, 11) is -3.18. The van der Waals surface area contributed by atoms with E-state index in [2.05, 4.69) is 15.7 Å². The van der Waals surface area contributed by atoms with Crippen molar-refractivity contribution in [1.29, 1.82) is 5.26 Å². The first-order valence-corrected chi connectivity index (χ1v) is 11.5. The lowest BCUT2D eigenvalue weighted by Crippen LogP contribution is -2.23. The van der Waals surface area contributed by atoms with Gasteiger partial charge in [0.1, 0.15) is 5.75 Å². The zero-order valence-corrected chi connectivity index (χ0v) is 16.6. The number of amides is 2. The summed E-state index contributed by atoms with van der Waals surface area (Å²) in [5.41, 5.74) is 6.37. The third-order valence-electron chi connectivity index (χ3n) is 5.98. The molecule has 1 aliphatic heterocycles. The number of nitrogens with one attached hydrogen (secondary N) is 1. The summed E-state index contributed by atoms with van der Waals surface area (Å²) in [6, 6.07) is 8.62. The van der Waals surface area contributed by atoms with Crippen LogP contribution in [0.15, 0.2) is 33.5 Å². The molecule has 3 aliphatic rings. The van der Waals surface area contributed by atoms with Gasteiger partial charge in [-0.25, -0.2) is 4.21 Å². The zero-order chi connectivity index (χ0) is 20.2. The summed E-state index contributed by atoms with van der Waals surface area (Å²) in [5.74, 6) is -1.38. The molecule has 0 aromatic heterocycles. The highest BCUT2D eigenvalue weighted by atomic mass is 32.2. The van der Waals surface area contributed by atoms with Crippen molar-refractivity contribution in [2.24, 2.45) is 4.36 Å². The molecule has 29 heavy (non-hydrogen) atoms. The first kappa shape index (κ1) is 18.1. The van der Waals surface area contributed by atoms with Crippen LogP contribution in [0.25, 0.3) is 0 Å². The van der Waals surface area contributed by atoms with E-state index in [0.29, 0.717) is 5.56 Å². The van der Waals surface area contributed by atoms with Crippen molar-refractivity contribution in [3.8, 4) is 6.07 Å². The van der Waals surface area contributed by atoms with Gasteiger partial charge in [0, 0.05) is 5.69 Å². The molecule has 0 spiro atoms. The molecule has 1 unspecified atom stereocenters. The third-order valence-corrected chi connectivity index (χ3v) is 8.13. The molecule has 1 atom stereocenters. The number of carbonyl (C=O) groups excluding carboxylic acids is 2. The molecule has 7 heteroatoms. The molecule has 0 bridgehead atoms. The van der Waals surface area contributed by atoms with E-state index in [1.165, 1.54) is 40.5 Å². The van der Waals surface area contributed by atoms with Crippen LogP contribution in [-0.4, -0.2) is 21.8 Å². The minimum atomic E-state index is -3.18. The van der Waals surface area contributed by atoms with Crippen molar-refractivity contribution >= 4 is 27.2 Å². The topological polar surface area (TPSA) is 99.4 Å². The highest BCUT2D eigenvalue weighted by Crippen LogP contribution is 2.38. The molecule has 0 saturated carbocycles. The van der Waals surface area contributed by atoms with E-state index in [0.717, 1.165) is 44.2 Å². The van der Waals surface area contributed by atoms with Crippen LogP contribution in [0.3, 0.4) is 0 Å². The smallest absolute Gasteiger partial charge is 0.286 e. The van der Waals surface area contributed by atoms with Gasteiger partial charge in [-0.3, -0.25) is 9.59 Å². The van der Waals surface area contributed by atoms with Gasteiger partial charge in [-0.15, -0.1) is 0 Å². The fourth-order valence-electron chi connectivity index (χ4n) is 4.71.